The molecule has 27 heavy (non-hydrogen) atoms. The fraction of sp³-hybridized carbons (Fsp3) is 0.211. The van der Waals surface area contributed by atoms with E-state index in [1.165, 1.54) is 5.01 Å². The molecule has 8 heteroatoms. The molecule has 2 heterocycles. The summed E-state index contributed by atoms with van der Waals surface area (Å²) < 4.78 is 0. The molecule has 3 amide bonds. The van der Waals surface area contributed by atoms with Crippen molar-refractivity contribution in [2.24, 2.45) is 10.3 Å². The lowest BCUT2D eigenvalue weighted by molar-refractivity contribution is -0.123. The number of nitrogens with zero attached hydrogens (tertiary/aromatic N) is 4. The Bertz CT molecular complexity index is 926. The van der Waals surface area contributed by atoms with Gasteiger partial charge >= 0.3 is 0 Å². The first kappa shape index (κ1) is 16.9. The lowest BCUT2D eigenvalue weighted by Gasteiger charge is -2.20. The molecule has 0 bridgehead atoms. The van der Waals surface area contributed by atoms with Gasteiger partial charge in [0.15, 0.2) is 12.1 Å². The Hall–Kier alpha value is -3.55. The number of nitrogens with one attached hydrogen (secondary N) is 1. The summed E-state index contributed by atoms with van der Waals surface area (Å²) in [6.07, 6.45) is 0. The van der Waals surface area contributed by atoms with Gasteiger partial charge in [0.05, 0.1) is 5.69 Å². The Morgan fingerprint density at radius 3 is 2.44 bits per heavy atom. The zero-order valence-corrected chi connectivity index (χ0v) is 14.6. The maximum atomic E-state index is 12.8. The minimum absolute atomic E-state index is 0.166. The normalized spacial score (nSPS) is 20.9. The minimum Gasteiger partial charge on any atom is -0.324 e. The number of benzene rings is 2. The number of hydrogen-bond donors (Lipinski definition) is 1. The highest BCUT2D eigenvalue weighted by atomic mass is 16.2. The summed E-state index contributed by atoms with van der Waals surface area (Å²) in [5, 5.41) is 11.8. The van der Waals surface area contributed by atoms with Gasteiger partial charge in [-0.05, 0) is 31.2 Å². The number of rotatable bonds is 4. The number of amides is 3. The third kappa shape index (κ3) is 3.05. The van der Waals surface area contributed by atoms with Crippen LogP contribution in [0.4, 0.5) is 11.4 Å². The number of carbonyl (C=O) groups excluding carboxylic acids is 3. The van der Waals surface area contributed by atoms with E-state index in [0.29, 0.717) is 11.4 Å². The molecule has 2 aliphatic rings. The van der Waals surface area contributed by atoms with Gasteiger partial charge in [-0.25, -0.2) is 4.90 Å². The van der Waals surface area contributed by atoms with Crippen LogP contribution in [0.15, 0.2) is 64.9 Å². The fourth-order valence-corrected chi connectivity index (χ4v) is 3.17. The van der Waals surface area contributed by atoms with E-state index in [2.05, 4.69) is 15.7 Å². The molecular formula is C19H17N5O3. The van der Waals surface area contributed by atoms with Crippen molar-refractivity contribution in [3.05, 3.63) is 60.2 Å². The van der Waals surface area contributed by atoms with Gasteiger partial charge in [-0.3, -0.25) is 19.4 Å². The molecule has 0 spiro atoms. The van der Waals surface area contributed by atoms with Gasteiger partial charge in [0, 0.05) is 5.69 Å². The number of anilines is 2. The van der Waals surface area contributed by atoms with E-state index in [1.54, 1.807) is 42.5 Å². The molecule has 2 aromatic rings. The molecule has 2 aromatic carbocycles. The lowest BCUT2D eigenvalue weighted by Crippen LogP contribution is -2.43. The van der Waals surface area contributed by atoms with Crippen molar-refractivity contribution in [1.82, 2.24) is 5.01 Å². The van der Waals surface area contributed by atoms with Crippen LogP contribution in [0.3, 0.4) is 0 Å². The first-order chi connectivity index (χ1) is 13.0. The van der Waals surface area contributed by atoms with Crippen molar-refractivity contribution in [2.45, 2.75) is 19.0 Å². The molecule has 1 N–H and O–H groups in total. The highest BCUT2D eigenvalue weighted by Crippen LogP contribution is 2.31. The summed E-state index contributed by atoms with van der Waals surface area (Å²) in [6, 6.07) is 14.2. The van der Waals surface area contributed by atoms with Crippen molar-refractivity contribution >= 4 is 29.1 Å². The predicted molar refractivity (Wildman–Crippen MR) is 97.9 cm³/mol. The smallest absolute Gasteiger partial charge is 0.263 e. The molecular weight excluding hydrogens is 346 g/mol. The largest absolute Gasteiger partial charge is 0.324 e. The van der Waals surface area contributed by atoms with Gasteiger partial charge in [0.1, 0.15) is 6.54 Å². The van der Waals surface area contributed by atoms with Crippen LogP contribution in [0.1, 0.15) is 5.56 Å². The average molecular weight is 363 g/mol. The fourth-order valence-electron chi connectivity index (χ4n) is 3.17. The second kappa shape index (κ2) is 6.64. The Morgan fingerprint density at radius 1 is 1.04 bits per heavy atom. The van der Waals surface area contributed by atoms with Gasteiger partial charge < -0.3 is 5.32 Å². The summed E-state index contributed by atoms with van der Waals surface area (Å²) in [7, 11) is 0. The van der Waals surface area contributed by atoms with E-state index in [1.807, 2.05) is 19.1 Å². The quantitative estimate of drug-likeness (QED) is 0.840. The van der Waals surface area contributed by atoms with E-state index in [4.69, 9.17) is 0 Å². The molecule has 8 nitrogen and oxygen atoms in total. The zero-order valence-electron chi connectivity index (χ0n) is 14.6. The van der Waals surface area contributed by atoms with Gasteiger partial charge in [-0.1, -0.05) is 41.1 Å². The van der Waals surface area contributed by atoms with E-state index >= 15 is 0 Å². The Morgan fingerprint density at radius 2 is 1.74 bits per heavy atom. The number of hydrogen-bond acceptors (Lipinski definition) is 6. The molecule has 2 atom stereocenters. The molecule has 136 valence electrons. The van der Waals surface area contributed by atoms with E-state index in [9.17, 15) is 14.4 Å². The molecule has 0 radical (unpaired) electrons. The van der Waals surface area contributed by atoms with Gasteiger partial charge in [0.2, 0.25) is 5.91 Å². The maximum Gasteiger partial charge on any atom is 0.263 e. The summed E-state index contributed by atoms with van der Waals surface area (Å²) in [5.41, 5.74) is 2.22. The van der Waals surface area contributed by atoms with Crippen LogP contribution in [0, 0.1) is 6.92 Å². The van der Waals surface area contributed by atoms with E-state index in [0.717, 1.165) is 10.5 Å². The highest BCUT2D eigenvalue weighted by molar-refractivity contribution is 6.25. The van der Waals surface area contributed by atoms with Gasteiger partial charge in [-0.2, -0.15) is 5.11 Å². The molecule has 2 aliphatic heterocycles. The van der Waals surface area contributed by atoms with Crippen LogP contribution in [-0.2, 0) is 14.4 Å². The molecule has 0 aromatic heterocycles. The standard InChI is InChI=1S/C19H17N5O3/c1-12-7-9-13(10-8-12)20-15(25)11-23-17-16(21-22-23)18(26)24(19(17)27)14-5-3-2-4-6-14/h2-10,16-17H,11H2,1H3,(H,20,25)/t16-,17-/m0/s1. The number of para-hydroxylation sites is 1. The Labute approximate surface area is 155 Å². The first-order valence-electron chi connectivity index (χ1n) is 8.51. The van der Waals surface area contributed by atoms with Crippen molar-refractivity contribution in [3.8, 4) is 0 Å². The maximum absolute atomic E-state index is 12.8. The Balaban J connectivity index is 1.47. The van der Waals surface area contributed by atoms with Gasteiger partial charge in [0.25, 0.3) is 11.8 Å². The topological polar surface area (TPSA) is 94.4 Å². The molecule has 4 rings (SSSR count). The van der Waals surface area contributed by atoms with E-state index in [-0.39, 0.29) is 12.5 Å². The first-order valence-corrected chi connectivity index (χ1v) is 8.51. The third-order valence-corrected chi connectivity index (χ3v) is 4.51. The van der Waals surface area contributed by atoms with Crippen molar-refractivity contribution in [2.75, 3.05) is 16.8 Å². The monoisotopic (exact) mass is 363 g/mol. The highest BCUT2D eigenvalue weighted by Gasteiger charge is 2.55. The summed E-state index contributed by atoms with van der Waals surface area (Å²) in [6.45, 7) is 1.79. The average Bonchev–Trinajstić information content (AvgIpc) is 3.18. The predicted octanol–water partition coefficient (Wildman–Crippen LogP) is 1.93. The summed E-state index contributed by atoms with van der Waals surface area (Å²) in [5.74, 6) is -1.19. The number of carbonyl (C=O) groups is 3. The van der Waals surface area contributed by atoms with Crippen LogP contribution < -0.4 is 10.2 Å². The third-order valence-electron chi connectivity index (χ3n) is 4.51. The van der Waals surface area contributed by atoms with E-state index < -0.39 is 23.9 Å². The summed E-state index contributed by atoms with van der Waals surface area (Å²) in [4.78, 5) is 38.8. The molecule has 0 unspecified atom stereocenters. The zero-order chi connectivity index (χ0) is 19.0. The number of aryl methyl sites for hydroxylation is 1. The summed E-state index contributed by atoms with van der Waals surface area (Å²) >= 11 is 0. The SMILES string of the molecule is Cc1ccc(NC(=O)CN2N=N[C@@H]3C(=O)N(c4ccccc4)C(=O)[C@H]32)cc1. The minimum atomic E-state index is -0.912. The van der Waals surface area contributed by atoms with Crippen LogP contribution in [-0.4, -0.2) is 41.4 Å². The lowest BCUT2D eigenvalue weighted by atomic mass is 10.1. The van der Waals surface area contributed by atoms with Crippen LogP contribution >= 0.6 is 0 Å². The number of imide groups is 1. The molecule has 0 aliphatic carbocycles. The second-order valence-corrected chi connectivity index (χ2v) is 6.45. The Kier molecular flexibility index (Phi) is 4.15. The molecule has 0 saturated carbocycles. The molecule has 1 fully saturated rings. The van der Waals surface area contributed by atoms with Crippen molar-refractivity contribution < 1.29 is 14.4 Å². The van der Waals surface area contributed by atoms with Crippen LogP contribution in [0.25, 0.3) is 0 Å². The number of fused-ring (bicyclic) bond motifs is 1. The van der Waals surface area contributed by atoms with Crippen LogP contribution in [0.5, 0.6) is 0 Å². The van der Waals surface area contributed by atoms with Crippen LogP contribution in [0.2, 0.25) is 0 Å². The second-order valence-electron chi connectivity index (χ2n) is 6.45. The van der Waals surface area contributed by atoms with Crippen molar-refractivity contribution in [1.29, 1.82) is 0 Å². The molecule has 1 saturated heterocycles. The van der Waals surface area contributed by atoms with Crippen molar-refractivity contribution in [3.63, 3.8) is 0 Å². The van der Waals surface area contributed by atoms with Gasteiger partial charge in [-0.15, -0.1) is 0 Å².